The maximum Gasteiger partial charge on any atom is 0.137 e. The lowest BCUT2D eigenvalue weighted by molar-refractivity contribution is -0.0508. The molecule has 0 N–H and O–H groups in total. The number of rotatable bonds is 3. The molecule has 0 atom stereocenters. The van der Waals surface area contributed by atoms with Gasteiger partial charge in [-0.1, -0.05) is 12.1 Å². The van der Waals surface area contributed by atoms with Gasteiger partial charge < -0.3 is 9.47 Å². The minimum absolute atomic E-state index is 0.488. The summed E-state index contributed by atoms with van der Waals surface area (Å²) in [6, 6.07) is 9.37. The van der Waals surface area contributed by atoms with Gasteiger partial charge in [0.15, 0.2) is 0 Å². The number of nitriles is 1. The van der Waals surface area contributed by atoms with Crippen molar-refractivity contribution in [3.05, 3.63) is 29.8 Å². The van der Waals surface area contributed by atoms with Crippen LogP contribution in [0.1, 0.15) is 5.56 Å². The summed E-state index contributed by atoms with van der Waals surface area (Å²) in [5, 5.41) is 8.80. The molecule has 1 heterocycles. The highest BCUT2D eigenvalue weighted by molar-refractivity contribution is 5.42. The third-order valence-electron chi connectivity index (χ3n) is 2.19. The van der Waals surface area contributed by atoms with Crippen LogP contribution in [0.4, 0.5) is 0 Å². The van der Waals surface area contributed by atoms with Gasteiger partial charge in [0.1, 0.15) is 11.8 Å². The summed E-state index contributed by atoms with van der Waals surface area (Å²) in [5.74, 6) is 1.16. The summed E-state index contributed by atoms with van der Waals surface area (Å²) >= 11 is 0. The van der Waals surface area contributed by atoms with Crippen molar-refractivity contribution in [1.29, 1.82) is 5.26 Å². The van der Waals surface area contributed by atoms with Crippen molar-refractivity contribution >= 4 is 0 Å². The van der Waals surface area contributed by atoms with E-state index in [0.717, 1.165) is 13.2 Å². The van der Waals surface area contributed by atoms with Crippen LogP contribution in [0.25, 0.3) is 0 Å². The van der Waals surface area contributed by atoms with Crippen LogP contribution in [0.15, 0.2) is 24.3 Å². The van der Waals surface area contributed by atoms with Crippen molar-refractivity contribution in [2.75, 3.05) is 19.8 Å². The zero-order valence-corrected chi connectivity index (χ0v) is 7.77. The number of hydrogen-bond donors (Lipinski definition) is 0. The lowest BCUT2D eigenvalue weighted by Crippen LogP contribution is -2.32. The second kappa shape index (κ2) is 4.12. The Hall–Kier alpha value is -1.53. The van der Waals surface area contributed by atoms with Crippen LogP contribution in [0.2, 0.25) is 0 Å². The van der Waals surface area contributed by atoms with Gasteiger partial charge >= 0.3 is 0 Å². The third kappa shape index (κ3) is 1.86. The Morgan fingerprint density at radius 3 is 2.86 bits per heavy atom. The molecule has 1 saturated heterocycles. The molecule has 0 saturated carbocycles. The molecule has 3 nitrogen and oxygen atoms in total. The van der Waals surface area contributed by atoms with Crippen LogP contribution in [-0.4, -0.2) is 19.8 Å². The van der Waals surface area contributed by atoms with Crippen LogP contribution >= 0.6 is 0 Å². The zero-order valence-electron chi connectivity index (χ0n) is 7.77. The predicted molar refractivity (Wildman–Crippen MR) is 51.0 cm³/mol. The van der Waals surface area contributed by atoms with E-state index in [9.17, 15) is 0 Å². The van der Waals surface area contributed by atoms with E-state index in [1.54, 1.807) is 6.07 Å². The van der Waals surface area contributed by atoms with Crippen molar-refractivity contribution in [2.45, 2.75) is 0 Å². The minimum Gasteiger partial charge on any atom is -0.492 e. The monoisotopic (exact) mass is 189 g/mol. The van der Waals surface area contributed by atoms with Crippen molar-refractivity contribution in [3.63, 3.8) is 0 Å². The standard InChI is InChI=1S/C11H11NO2/c12-5-10-3-1-2-4-11(10)14-8-9-6-13-7-9/h1-4,9H,6-8H2. The van der Waals surface area contributed by atoms with Gasteiger partial charge in [-0.2, -0.15) is 5.26 Å². The van der Waals surface area contributed by atoms with Gasteiger partial charge in [0, 0.05) is 5.92 Å². The molecule has 1 aliphatic heterocycles. The molecule has 0 unspecified atom stereocenters. The van der Waals surface area contributed by atoms with Crippen LogP contribution in [-0.2, 0) is 4.74 Å². The molecule has 2 rings (SSSR count). The zero-order chi connectivity index (χ0) is 9.80. The summed E-state index contributed by atoms with van der Waals surface area (Å²) < 4.78 is 10.6. The van der Waals surface area contributed by atoms with Gasteiger partial charge in [0.25, 0.3) is 0 Å². The minimum atomic E-state index is 0.488. The first-order valence-electron chi connectivity index (χ1n) is 4.60. The average molecular weight is 189 g/mol. The molecule has 0 spiro atoms. The molecule has 0 radical (unpaired) electrons. The molecule has 1 fully saturated rings. The predicted octanol–water partition coefficient (Wildman–Crippen LogP) is 1.58. The van der Waals surface area contributed by atoms with E-state index in [-0.39, 0.29) is 0 Å². The number of para-hydroxylation sites is 1. The first-order chi connectivity index (χ1) is 6.90. The molecule has 0 bridgehead atoms. The average Bonchev–Trinajstić information content (AvgIpc) is 2.16. The van der Waals surface area contributed by atoms with E-state index >= 15 is 0 Å². The second-order valence-electron chi connectivity index (χ2n) is 3.32. The van der Waals surface area contributed by atoms with Gasteiger partial charge in [-0.15, -0.1) is 0 Å². The van der Waals surface area contributed by atoms with Gasteiger partial charge in [-0.25, -0.2) is 0 Å². The van der Waals surface area contributed by atoms with E-state index in [1.807, 2.05) is 18.2 Å². The SMILES string of the molecule is N#Cc1ccccc1OCC1COC1. The summed E-state index contributed by atoms with van der Waals surface area (Å²) in [7, 11) is 0. The Morgan fingerprint density at radius 2 is 2.21 bits per heavy atom. The summed E-state index contributed by atoms with van der Waals surface area (Å²) in [5.41, 5.74) is 0.591. The Kier molecular flexibility index (Phi) is 2.66. The van der Waals surface area contributed by atoms with E-state index in [4.69, 9.17) is 14.7 Å². The molecule has 14 heavy (non-hydrogen) atoms. The van der Waals surface area contributed by atoms with Gasteiger partial charge in [-0.3, -0.25) is 0 Å². The summed E-state index contributed by atoms with van der Waals surface area (Å²) in [6.07, 6.45) is 0. The molecule has 3 heteroatoms. The highest BCUT2D eigenvalue weighted by atomic mass is 16.5. The van der Waals surface area contributed by atoms with Crippen LogP contribution in [0.3, 0.4) is 0 Å². The lowest BCUT2D eigenvalue weighted by atomic mass is 10.1. The highest BCUT2D eigenvalue weighted by Crippen LogP contribution is 2.19. The Labute approximate surface area is 82.9 Å². The van der Waals surface area contributed by atoms with Crippen molar-refractivity contribution < 1.29 is 9.47 Å². The van der Waals surface area contributed by atoms with Crippen molar-refractivity contribution in [3.8, 4) is 11.8 Å². The number of nitrogens with zero attached hydrogens (tertiary/aromatic N) is 1. The molecule has 0 amide bonds. The van der Waals surface area contributed by atoms with Gasteiger partial charge in [-0.05, 0) is 12.1 Å². The van der Waals surface area contributed by atoms with Crippen molar-refractivity contribution in [2.24, 2.45) is 5.92 Å². The largest absolute Gasteiger partial charge is 0.492 e. The first kappa shape index (κ1) is 9.04. The summed E-state index contributed by atoms with van der Waals surface area (Å²) in [6.45, 7) is 2.18. The van der Waals surface area contributed by atoms with E-state index in [1.165, 1.54) is 0 Å². The van der Waals surface area contributed by atoms with Crippen molar-refractivity contribution in [1.82, 2.24) is 0 Å². The maximum absolute atomic E-state index is 8.80. The fraction of sp³-hybridized carbons (Fsp3) is 0.364. The lowest BCUT2D eigenvalue weighted by Gasteiger charge is -2.25. The van der Waals surface area contributed by atoms with E-state index < -0.39 is 0 Å². The Morgan fingerprint density at radius 1 is 1.43 bits per heavy atom. The molecule has 1 aromatic carbocycles. The topological polar surface area (TPSA) is 42.2 Å². The normalized spacial score (nSPS) is 15.6. The van der Waals surface area contributed by atoms with Crippen LogP contribution in [0.5, 0.6) is 5.75 Å². The molecular formula is C11H11NO2. The quantitative estimate of drug-likeness (QED) is 0.725. The fourth-order valence-corrected chi connectivity index (χ4v) is 1.27. The molecule has 0 aromatic heterocycles. The van der Waals surface area contributed by atoms with Gasteiger partial charge in [0.2, 0.25) is 0 Å². The molecule has 1 aliphatic rings. The highest BCUT2D eigenvalue weighted by Gasteiger charge is 2.19. The maximum atomic E-state index is 8.80. The van der Waals surface area contributed by atoms with Crippen LogP contribution < -0.4 is 4.74 Å². The Bertz CT molecular complexity index is 353. The molecule has 1 aromatic rings. The smallest absolute Gasteiger partial charge is 0.137 e. The second-order valence-corrected chi connectivity index (χ2v) is 3.32. The van der Waals surface area contributed by atoms with E-state index in [2.05, 4.69) is 6.07 Å². The van der Waals surface area contributed by atoms with E-state index in [0.29, 0.717) is 23.8 Å². The van der Waals surface area contributed by atoms with Crippen LogP contribution in [0, 0.1) is 17.2 Å². The van der Waals surface area contributed by atoms with Gasteiger partial charge in [0.05, 0.1) is 25.4 Å². The first-order valence-corrected chi connectivity index (χ1v) is 4.60. The Balaban J connectivity index is 1.97. The summed E-state index contributed by atoms with van der Waals surface area (Å²) in [4.78, 5) is 0. The number of benzene rings is 1. The fourth-order valence-electron chi connectivity index (χ4n) is 1.27. The molecule has 0 aliphatic carbocycles. The third-order valence-corrected chi connectivity index (χ3v) is 2.19. The number of hydrogen-bond acceptors (Lipinski definition) is 3. The molecular weight excluding hydrogens is 178 g/mol. The molecule has 72 valence electrons. The number of ether oxygens (including phenoxy) is 2.